The van der Waals surface area contributed by atoms with Gasteiger partial charge in [-0.1, -0.05) is 0 Å². The lowest BCUT2D eigenvalue weighted by molar-refractivity contribution is -0.306. The Kier molecular flexibility index (Phi) is 3.01. The molecule has 1 aromatic heterocycles. The Morgan fingerprint density at radius 1 is 1.53 bits per heavy atom. The molecule has 1 aliphatic heterocycles. The number of rotatable bonds is 3. The van der Waals surface area contributed by atoms with Gasteiger partial charge in [0.2, 0.25) is 0 Å². The SMILES string of the molecule is CSc1cc(F)cc2c1cc1n2CCC1CC(=O)[O-]. The van der Waals surface area contributed by atoms with Gasteiger partial charge in [0.1, 0.15) is 5.82 Å². The number of fused-ring (bicyclic) bond motifs is 3. The van der Waals surface area contributed by atoms with Crippen LogP contribution in [0.1, 0.15) is 24.5 Å². The Morgan fingerprint density at radius 2 is 2.32 bits per heavy atom. The van der Waals surface area contributed by atoms with Gasteiger partial charge in [-0.2, -0.15) is 0 Å². The molecule has 0 spiro atoms. The lowest BCUT2D eigenvalue weighted by Crippen LogP contribution is -2.23. The van der Waals surface area contributed by atoms with E-state index in [2.05, 4.69) is 0 Å². The minimum atomic E-state index is -1.03. The maximum atomic E-state index is 13.6. The van der Waals surface area contributed by atoms with Crippen LogP contribution in [0.4, 0.5) is 4.39 Å². The van der Waals surface area contributed by atoms with Gasteiger partial charge >= 0.3 is 0 Å². The summed E-state index contributed by atoms with van der Waals surface area (Å²) in [5.41, 5.74) is 1.85. The highest BCUT2D eigenvalue weighted by Crippen LogP contribution is 2.39. The summed E-state index contributed by atoms with van der Waals surface area (Å²) in [4.78, 5) is 11.7. The van der Waals surface area contributed by atoms with Crippen LogP contribution in [0.2, 0.25) is 0 Å². The summed E-state index contributed by atoms with van der Waals surface area (Å²) in [5.74, 6) is -1.30. The zero-order chi connectivity index (χ0) is 13.6. The number of thioether (sulfide) groups is 1. The number of aliphatic carboxylic acids is 1. The first-order valence-electron chi connectivity index (χ1n) is 6.16. The molecule has 1 aliphatic rings. The molecule has 19 heavy (non-hydrogen) atoms. The van der Waals surface area contributed by atoms with Crippen molar-refractivity contribution in [2.45, 2.75) is 30.2 Å². The fraction of sp³-hybridized carbons (Fsp3) is 0.357. The highest BCUT2D eigenvalue weighted by atomic mass is 32.2. The van der Waals surface area contributed by atoms with Gasteiger partial charge in [-0.05, 0) is 37.3 Å². The summed E-state index contributed by atoms with van der Waals surface area (Å²) >= 11 is 1.50. The molecular formula is C14H13FNO2S-. The molecule has 0 aliphatic carbocycles. The van der Waals surface area contributed by atoms with Crippen LogP contribution in [0.3, 0.4) is 0 Å². The number of nitrogens with zero attached hydrogens (tertiary/aromatic N) is 1. The standard InChI is InChI=1S/C14H14FNO2S/c1-19-13-6-9(15)5-12-10(13)7-11-8(4-14(17)18)2-3-16(11)12/h5-8H,2-4H2,1H3,(H,17,18)/p-1. The average molecular weight is 278 g/mol. The molecule has 0 N–H and O–H groups in total. The van der Waals surface area contributed by atoms with E-state index in [4.69, 9.17) is 0 Å². The second kappa shape index (κ2) is 4.56. The van der Waals surface area contributed by atoms with Crippen LogP contribution in [-0.4, -0.2) is 16.8 Å². The van der Waals surface area contributed by atoms with Crippen molar-refractivity contribution in [1.82, 2.24) is 4.57 Å². The smallest absolute Gasteiger partial charge is 0.126 e. The van der Waals surface area contributed by atoms with E-state index in [0.29, 0.717) is 0 Å². The molecule has 100 valence electrons. The van der Waals surface area contributed by atoms with Crippen molar-refractivity contribution in [3.63, 3.8) is 0 Å². The number of aryl methyl sites for hydroxylation is 1. The van der Waals surface area contributed by atoms with E-state index in [1.165, 1.54) is 23.9 Å². The molecule has 0 amide bonds. The van der Waals surface area contributed by atoms with Crippen LogP contribution >= 0.6 is 11.8 Å². The van der Waals surface area contributed by atoms with Crippen molar-refractivity contribution in [1.29, 1.82) is 0 Å². The van der Waals surface area contributed by atoms with Gasteiger partial charge in [0.25, 0.3) is 0 Å². The van der Waals surface area contributed by atoms with Gasteiger partial charge < -0.3 is 14.5 Å². The number of aromatic nitrogens is 1. The van der Waals surface area contributed by atoms with E-state index < -0.39 is 5.97 Å². The molecule has 1 atom stereocenters. The monoisotopic (exact) mass is 278 g/mol. The Bertz CT molecular complexity index is 665. The van der Waals surface area contributed by atoms with Crippen LogP contribution < -0.4 is 5.11 Å². The van der Waals surface area contributed by atoms with Gasteiger partial charge in [0, 0.05) is 34.4 Å². The summed E-state index contributed by atoms with van der Waals surface area (Å²) in [5, 5.41) is 11.8. The van der Waals surface area contributed by atoms with Crippen LogP contribution in [0.25, 0.3) is 10.9 Å². The Morgan fingerprint density at radius 3 is 3.00 bits per heavy atom. The summed E-state index contributed by atoms with van der Waals surface area (Å²) in [6, 6.07) is 5.05. The maximum absolute atomic E-state index is 13.6. The van der Waals surface area contributed by atoms with Gasteiger partial charge in [-0.25, -0.2) is 4.39 Å². The van der Waals surface area contributed by atoms with E-state index in [1.54, 1.807) is 0 Å². The Labute approximate surface area is 114 Å². The minimum absolute atomic E-state index is 0.0184. The number of hydrogen-bond acceptors (Lipinski definition) is 3. The van der Waals surface area contributed by atoms with Crippen molar-refractivity contribution < 1.29 is 14.3 Å². The molecule has 2 heterocycles. The van der Waals surface area contributed by atoms with Crippen LogP contribution in [-0.2, 0) is 11.3 Å². The quantitative estimate of drug-likeness (QED) is 0.808. The molecule has 3 nitrogen and oxygen atoms in total. The van der Waals surface area contributed by atoms with E-state index >= 15 is 0 Å². The molecule has 1 aromatic carbocycles. The number of hydrogen-bond donors (Lipinski definition) is 0. The molecule has 0 saturated carbocycles. The van der Waals surface area contributed by atoms with Crippen LogP contribution in [0, 0.1) is 5.82 Å². The zero-order valence-electron chi connectivity index (χ0n) is 10.5. The number of benzene rings is 1. The van der Waals surface area contributed by atoms with Crippen LogP contribution in [0.15, 0.2) is 23.1 Å². The molecular weight excluding hydrogens is 265 g/mol. The first kappa shape index (κ1) is 12.5. The van der Waals surface area contributed by atoms with E-state index in [-0.39, 0.29) is 18.2 Å². The second-order valence-electron chi connectivity index (χ2n) is 4.82. The first-order chi connectivity index (χ1) is 9.10. The molecule has 0 radical (unpaired) electrons. The maximum Gasteiger partial charge on any atom is 0.126 e. The highest BCUT2D eigenvalue weighted by Gasteiger charge is 2.25. The number of carboxylic acids is 1. The van der Waals surface area contributed by atoms with Crippen molar-refractivity contribution in [2.75, 3.05) is 6.26 Å². The van der Waals surface area contributed by atoms with Gasteiger partial charge in [0.05, 0.1) is 5.52 Å². The first-order valence-corrected chi connectivity index (χ1v) is 7.39. The highest BCUT2D eigenvalue weighted by molar-refractivity contribution is 7.98. The van der Waals surface area contributed by atoms with Gasteiger partial charge in [-0.15, -0.1) is 11.8 Å². The van der Waals surface area contributed by atoms with Crippen molar-refractivity contribution >= 4 is 28.6 Å². The van der Waals surface area contributed by atoms with E-state index in [0.717, 1.165) is 34.5 Å². The normalized spacial score (nSPS) is 17.9. The molecule has 1 unspecified atom stereocenters. The predicted molar refractivity (Wildman–Crippen MR) is 70.7 cm³/mol. The van der Waals surface area contributed by atoms with Gasteiger partial charge in [-0.3, -0.25) is 0 Å². The minimum Gasteiger partial charge on any atom is -0.550 e. The van der Waals surface area contributed by atoms with Crippen LogP contribution in [0.5, 0.6) is 0 Å². The predicted octanol–water partition coefficient (Wildman–Crippen LogP) is 2.13. The lowest BCUT2D eigenvalue weighted by atomic mass is 10.0. The fourth-order valence-electron chi connectivity index (χ4n) is 2.91. The molecule has 0 bridgehead atoms. The summed E-state index contributed by atoms with van der Waals surface area (Å²) < 4.78 is 15.6. The Hall–Kier alpha value is -1.49. The fourth-order valence-corrected chi connectivity index (χ4v) is 3.52. The van der Waals surface area contributed by atoms with Gasteiger partial charge in [0.15, 0.2) is 0 Å². The molecule has 5 heteroatoms. The largest absolute Gasteiger partial charge is 0.550 e. The van der Waals surface area contributed by atoms with Crippen molar-refractivity contribution in [2.24, 2.45) is 0 Å². The van der Waals surface area contributed by atoms with E-state index in [1.807, 2.05) is 16.9 Å². The zero-order valence-corrected chi connectivity index (χ0v) is 11.3. The number of carboxylic acid groups (broad SMARTS) is 1. The molecule has 2 aromatic rings. The second-order valence-corrected chi connectivity index (χ2v) is 5.67. The summed E-state index contributed by atoms with van der Waals surface area (Å²) in [7, 11) is 0. The third kappa shape index (κ3) is 2.02. The van der Waals surface area contributed by atoms with E-state index in [9.17, 15) is 14.3 Å². The van der Waals surface area contributed by atoms with Crippen molar-refractivity contribution in [3.05, 3.63) is 29.7 Å². The Balaban J connectivity index is 2.15. The topological polar surface area (TPSA) is 45.1 Å². The van der Waals surface area contributed by atoms with Crippen molar-refractivity contribution in [3.8, 4) is 0 Å². The molecule has 0 fully saturated rings. The number of halogens is 1. The third-order valence-electron chi connectivity index (χ3n) is 3.73. The number of carbonyl (C=O) groups excluding carboxylic acids is 1. The summed E-state index contributed by atoms with van der Waals surface area (Å²) in [6.07, 6.45) is 2.73. The lowest BCUT2D eigenvalue weighted by Gasteiger charge is -2.09. The average Bonchev–Trinajstić information content (AvgIpc) is 2.89. The summed E-state index contributed by atoms with van der Waals surface area (Å²) in [6.45, 7) is 0.744. The molecule has 0 saturated heterocycles. The number of carbonyl (C=O) groups is 1. The molecule has 3 rings (SSSR count). The third-order valence-corrected chi connectivity index (χ3v) is 4.51.